The summed E-state index contributed by atoms with van der Waals surface area (Å²) >= 11 is 4.15. The Morgan fingerprint density at radius 2 is 1.17 bits per heavy atom. The van der Waals surface area contributed by atoms with Gasteiger partial charge in [-0.15, -0.1) is 0 Å². The van der Waals surface area contributed by atoms with Crippen molar-refractivity contribution in [2.24, 2.45) is 0 Å². The second kappa shape index (κ2) is 9.31. The number of nitrogens with one attached hydrogen (secondary N) is 2. The molecule has 0 spiro atoms. The molecule has 3 rings (SSSR count). The summed E-state index contributed by atoms with van der Waals surface area (Å²) in [6, 6.07) is 17.9. The zero-order valence-corrected chi connectivity index (χ0v) is 19.0. The molecule has 0 fully saturated rings. The molecule has 2 amide bonds. The zero-order valence-electron chi connectivity index (χ0n) is 14.7. The van der Waals surface area contributed by atoms with Crippen molar-refractivity contribution in [1.82, 2.24) is 0 Å². The van der Waals surface area contributed by atoms with Gasteiger partial charge in [0.1, 0.15) is 0 Å². The lowest BCUT2D eigenvalue weighted by atomic mass is 10.1. The SMILES string of the molecule is O=C(Nc1ccccc1I)c1cc(C(=O)Nc2ccccc2I)cc([N+](=O)[O-])c1. The highest BCUT2D eigenvalue weighted by atomic mass is 127. The molecule has 9 heteroatoms. The summed E-state index contributed by atoms with van der Waals surface area (Å²) in [4.78, 5) is 36.0. The number of hydrogen-bond acceptors (Lipinski definition) is 4. The summed E-state index contributed by atoms with van der Waals surface area (Å²) in [6.07, 6.45) is 0. The molecule has 0 bridgehead atoms. The van der Waals surface area contributed by atoms with Gasteiger partial charge in [-0.25, -0.2) is 0 Å². The summed E-state index contributed by atoms with van der Waals surface area (Å²) in [5, 5.41) is 16.7. The maximum atomic E-state index is 12.7. The van der Waals surface area contributed by atoms with Gasteiger partial charge in [-0.2, -0.15) is 0 Å². The molecule has 3 aromatic carbocycles. The fourth-order valence-electron chi connectivity index (χ4n) is 2.49. The maximum absolute atomic E-state index is 12.7. The van der Waals surface area contributed by atoms with Crippen LogP contribution >= 0.6 is 45.2 Å². The summed E-state index contributed by atoms with van der Waals surface area (Å²) < 4.78 is 1.64. The Kier molecular flexibility index (Phi) is 6.79. The minimum atomic E-state index is -0.633. The Morgan fingerprint density at radius 3 is 1.55 bits per heavy atom. The predicted molar refractivity (Wildman–Crippen MR) is 127 cm³/mol. The van der Waals surface area contributed by atoms with Crippen molar-refractivity contribution >= 4 is 74.1 Å². The topological polar surface area (TPSA) is 101 Å². The average molecular weight is 613 g/mol. The van der Waals surface area contributed by atoms with Gasteiger partial charge in [-0.3, -0.25) is 19.7 Å². The van der Waals surface area contributed by atoms with E-state index < -0.39 is 16.7 Å². The zero-order chi connectivity index (χ0) is 21.0. The maximum Gasteiger partial charge on any atom is 0.271 e. The largest absolute Gasteiger partial charge is 0.321 e. The van der Waals surface area contributed by atoms with E-state index in [9.17, 15) is 19.7 Å². The molecular weight excluding hydrogens is 600 g/mol. The fourth-order valence-corrected chi connectivity index (χ4v) is 3.54. The number of nitro groups is 1. The van der Waals surface area contributed by atoms with Gasteiger partial charge in [0.05, 0.1) is 16.3 Å². The van der Waals surface area contributed by atoms with E-state index in [0.29, 0.717) is 11.4 Å². The van der Waals surface area contributed by atoms with Gasteiger partial charge in [0.15, 0.2) is 0 Å². The molecule has 0 aliphatic carbocycles. The van der Waals surface area contributed by atoms with Crippen LogP contribution in [-0.2, 0) is 0 Å². The monoisotopic (exact) mass is 613 g/mol. The number of para-hydroxylation sites is 2. The van der Waals surface area contributed by atoms with Gasteiger partial charge in [0.25, 0.3) is 17.5 Å². The van der Waals surface area contributed by atoms with E-state index in [-0.39, 0.29) is 16.8 Å². The molecular formula is C20H13I2N3O4. The summed E-state index contributed by atoms with van der Waals surface area (Å²) in [5.41, 5.74) is 0.857. The summed E-state index contributed by atoms with van der Waals surface area (Å²) in [6.45, 7) is 0. The Hall–Kier alpha value is -2.54. The number of carbonyl (C=O) groups is 2. The molecule has 0 heterocycles. The van der Waals surface area contributed by atoms with Crippen molar-refractivity contribution in [2.45, 2.75) is 0 Å². The summed E-state index contributed by atoms with van der Waals surface area (Å²) in [7, 11) is 0. The highest BCUT2D eigenvalue weighted by Gasteiger charge is 2.19. The minimum Gasteiger partial charge on any atom is -0.321 e. The lowest BCUT2D eigenvalue weighted by Crippen LogP contribution is -2.17. The van der Waals surface area contributed by atoms with E-state index in [2.05, 4.69) is 55.8 Å². The van der Waals surface area contributed by atoms with Crippen molar-refractivity contribution < 1.29 is 14.5 Å². The van der Waals surface area contributed by atoms with Crippen LogP contribution in [0.5, 0.6) is 0 Å². The Labute approximate surface area is 193 Å². The van der Waals surface area contributed by atoms with Gasteiger partial charge in [0.2, 0.25) is 0 Å². The highest BCUT2D eigenvalue weighted by Crippen LogP contribution is 2.23. The van der Waals surface area contributed by atoms with E-state index in [1.165, 1.54) is 6.07 Å². The number of carbonyl (C=O) groups excluding carboxylic acids is 2. The standard InChI is InChI=1S/C20H13I2N3O4/c21-15-5-1-3-7-17(15)23-19(26)12-9-13(11-14(10-12)25(28)29)20(27)24-18-8-4-2-6-16(18)22/h1-11H,(H,23,26)(H,24,27). The van der Waals surface area contributed by atoms with Crippen LogP contribution in [0.2, 0.25) is 0 Å². The fraction of sp³-hybridized carbons (Fsp3) is 0. The van der Waals surface area contributed by atoms with Crippen LogP contribution in [0.15, 0.2) is 66.7 Å². The second-order valence-electron chi connectivity index (χ2n) is 5.89. The molecule has 0 radical (unpaired) electrons. The molecule has 3 aromatic rings. The Morgan fingerprint density at radius 1 is 0.759 bits per heavy atom. The van der Waals surface area contributed by atoms with Crippen LogP contribution in [-0.4, -0.2) is 16.7 Å². The van der Waals surface area contributed by atoms with Crippen molar-refractivity contribution in [2.75, 3.05) is 10.6 Å². The van der Waals surface area contributed by atoms with Gasteiger partial charge in [-0.05, 0) is 75.5 Å². The number of nitrogens with zero attached hydrogens (tertiary/aromatic N) is 1. The normalized spacial score (nSPS) is 10.3. The van der Waals surface area contributed by atoms with E-state index in [0.717, 1.165) is 19.3 Å². The van der Waals surface area contributed by atoms with E-state index in [4.69, 9.17) is 0 Å². The third-order valence-electron chi connectivity index (χ3n) is 3.90. The molecule has 0 saturated heterocycles. The number of halogens is 2. The Balaban J connectivity index is 1.92. The molecule has 0 aliphatic heterocycles. The predicted octanol–water partition coefficient (Wildman–Crippen LogP) is 5.31. The number of anilines is 2. The molecule has 146 valence electrons. The lowest BCUT2D eigenvalue weighted by molar-refractivity contribution is -0.384. The van der Waals surface area contributed by atoms with Gasteiger partial charge in [0, 0.05) is 30.4 Å². The van der Waals surface area contributed by atoms with Crippen molar-refractivity contribution in [3.05, 3.63) is 95.1 Å². The van der Waals surface area contributed by atoms with E-state index in [1.54, 1.807) is 24.3 Å². The third kappa shape index (κ3) is 5.29. The first kappa shape index (κ1) is 21.2. The number of nitro benzene ring substituents is 1. The van der Waals surface area contributed by atoms with E-state index in [1.807, 2.05) is 24.3 Å². The lowest BCUT2D eigenvalue weighted by Gasteiger charge is -2.10. The number of benzene rings is 3. The van der Waals surface area contributed by atoms with Crippen LogP contribution in [0.4, 0.5) is 17.1 Å². The van der Waals surface area contributed by atoms with Crippen LogP contribution < -0.4 is 10.6 Å². The number of rotatable bonds is 5. The second-order valence-corrected chi connectivity index (χ2v) is 8.22. The van der Waals surface area contributed by atoms with Gasteiger partial charge >= 0.3 is 0 Å². The number of non-ortho nitro benzene ring substituents is 1. The number of amides is 2. The molecule has 0 saturated carbocycles. The first-order valence-corrected chi connectivity index (χ1v) is 10.4. The molecule has 29 heavy (non-hydrogen) atoms. The first-order valence-electron chi connectivity index (χ1n) is 8.26. The summed E-state index contributed by atoms with van der Waals surface area (Å²) in [5.74, 6) is -1.08. The van der Waals surface area contributed by atoms with Crippen molar-refractivity contribution in [1.29, 1.82) is 0 Å². The Bertz CT molecular complexity index is 1040. The quantitative estimate of drug-likeness (QED) is 0.232. The molecule has 2 N–H and O–H groups in total. The smallest absolute Gasteiger partial charge is 0.271 e. The van der Waals surface area contributed by atoms with Crippen molar-refractivity contribution in [3.8, 4) is 0 Å². The van der Waals surface area contributed by atoms with Crippen LogP contribution in [0, 0.1) is 17.3 Å². The average Bonchev–Trinajstić information content (AvgIpc) is 2.71. The molecule has 0 atom stereocenters. The van der Waals surface area contributed by atoms with Crippen LogP contribution in [0.1, 0.15) is 20.7 Å². The van der Waals surface area contributed by atoms with Gasteiger partial charge < -0.3 is 10.6 Å². The van der Waals surface area contributed by atoms with Crippen LogP contribution in [0.25, 0.3) is 0 Å². The number of hydrogen-bond donors (Lipinski definition) is 2. The van der Waals surface area contributed by atoms with Crippen LogP contribution in [0.3, 0.4) is 0 Å². The molecule has 0 aromatic heterocycles. The van der Waals surface area contributed by atoms with Gasteiger partial charge in [-0.1, -0.05) is 24.3 Å². The van der Waals surface area contributed by atoms with E-state index >= 15 is 0 Å². The third-order valence-corrected chi connectivity index (χ3v) is 5.78. The molecule has 0 unspecified atom stereocenters. The first-order chi connectivity index (χ1) is 13.8. The molecule has 0 aliphatic rings. The minimum absolute atomic E-state index is 0.0201. The molecule has 7 nitrogen and oxygen atoms in total. The van der Waals surface area contributed by atoms with Crippen molar-refractivity contribution in [3.63, 3.8) is 0 Å². The highest BCUT2D eigenvalue weighted by molar-refractivity contribution is 14.1.